The summed E-state index contributed by atoms with van der Waals surface area (Å²) in [4.78, 5) is 24.2. The zero-order chi connectivity index (χ0) is 20.2. The van der Waals surface area contributed by atoms with Crippen molar-refractivity contribution >= 4 is 34.1 Å². The first-order valence-corrected chi connectivity index (χ1v) is 9.08. The Kier molecular flexibility index (Phi) is 5.18. The molecule has 0 atom stereocenters. The second kappa shape index (κ2) is 8.08. The number of benzene rings is 2. The summed E-state index contributed by atoms with van der Waals surface area (Å²) >= 11 is 5.88. The van der Waals surface area contributed by atoms with Gasteiger partial charge in [0.1, 0.15) is 17.2 Å². The normalized spacial score (nSPS) is 10.5. The van der Waals surface area contributed by atoms with Crippen LogP contribution in [0.1, 0.15) is 0 Å². The molecule has 0 radical (unpaired) electrons. The van der Waals surface area contributed by atoms with Crippen molar-refractivity contribution in [2.75, 3.05) is 5.32 Å². The molecule has 7 heteroatoms. The molecule has 0 saturated heterocycles. The monoisotopic (exact) mass is 402 g/mol. The van der Waals surface area contributed by atoms with E-state index in [-0.39, 0.29) is 5.91 Å². The van der Waals surface area contributed by atoms with Crippen LogP contribution in [-0.4, -0.2) is 20.9 Å². The lowest BCUT2D eigenvalue weighted by Crippen LogP contribution is -2.07. The quantitative estimate of drug-likeness (QED) is 0.364. The van der Waals surface area contributed by atoms with Crippen molar-refractivity contribution in [2.24, 2.45) is 0 Å². The topological polar surface area (TPSA) is 77.0 Å². The van der Waals surface area contributed by atoms with Crippen LogP contribution in [0.4, 0.5) is 5.69 Å². The molecule has 2 heterocycles. The average Bonchev–Trinajstić information content (AvgIpc) is 2.74. The maximum absolute atomic E-state index is 11.5. The van der Waals surface area contributed by atoms with Gasteiger partial charge in [0.25, 0.3) is 0 Å². The van der Waals surface area contributed by atoms with Gasteiger partial charge >= 0.3 is 0 Å². The number of nitrogens with one attached hydrogen (secondary N) is 1. The Morgan fingerprint density at radius 1 is 1.03 bits per heavy atom. The number of anilines is 1. The molecule has 0 spiro atoms. The highest BCUT2D eigenvalue weighted by atomic mass is 35.5. The third-order valence-electron chi connectivity index (χ3n) is 4.16. The third-order valence-corrected chi connectivity index (χ3v) is 4.38. The molecule has 142 valence electrons. The molecule has 0 aliphatic carbocycles. The Hall–Kier alpha value is -3.77. The van der Waals surface area contributed by atoms with Crippen molar-refractivity contribution in [2.45, 2.75) is 0 Å². The van der Waals surface area contributed by atoms with Crippen LogP contribution in [0.25, 0.3) is 22.0 Å². The number of fused-ring (bicyclic) bond motifs is 1. The Balaban J connectivity index is 1.69. The fourth-order valence-electron chi connectivity index (χ4n) is 2.78. The van der Waals surface area contributed by atoms with Crippen LogP contribution in [0.3, 0.4) is 0 Å². The highest BCUT2D eigenvalue weighted by molar-refractivity contribution is 6.29. The minimum absolute atomic E-state index is 0.296. The number of hydrogen-bond donors (Lipinski definition) is 1. The number of hydrogen-bond acceptors (Lipinski definition) is 5. The van der Waals surface area contributed by atoms with Crippen LogP contribution in [0.2, 0.25) is 5.15 Å². The number of ether oxygens (including phenoxy) is 1. The Morgan fingerprint density at radius 3 is 2.69 bits per heavy atom. The highest BCUT2D eigenvalue weighted by Gasteiger charge is 2.09. The molecule has 0 fully saturated rings. The highest BCUT2D eigenvalue weighted by Crippen LogP contribution is 2.31. The van der Waals surface area contributed by atoms with E-state index in [2.05, 4.69) is 26.8 Å². The molecule has 2 aromatic carbocycles. The maximum Gasteiger partial charge on any atom is 0.247 e. The van der Waals surface area contributed by atoms with Gasteiger partial charge in [0.05, 0.1) is 10.9 Å². The summed E-state index contributed by atoms with van der Waals surface area (Å²) in [5.41, 5.74) is 3.20. The Bertz CT molecular complexity index is 1210. The van der Waals surface area contributed by atoms with E-state index in [1.54, 1.807) is 36.5 Å². The lowest BCUT2D eigenvalue weighted by Gasteiger charge is -2.10. The number of aromatic nitrogens is 3. The molecule has 0 aliphatic heterocycles. The number of carbonyl (C=O) groups is 1. The summed E-state index contributed by atoms with van der Waals surface area (Å²) in [6.45, 7) is 3.45. The van der Waals surface area contributed by atoms with Crippen LogP contribution in [-0.2, 0) is 4.79 Å². The summed E-state index contributed by atoms with van der Waals surface area (Å²) in [5.74, 6) is 0.646. The molecular weight excluding hydrogens is 388 g/mol. The van der Waals surface area contributed by atoms with Gasteiger partial charge in [-0.05, 0) is 48.0 Å². The van der Waals surface area contributed by atoms with Crippen molar-refractivity contribution in [3.8, 4) is 22.8 Å². The van der Waals surface area contributed by atoms with Gasteiger partial charge < -0.3 is 10.1 Å². The van der Waals surface area contributed by atoms with Gasteiger partial charge in [-0.1, -0.05) is 30.3 Å². The largest absolute Gasteiger partial charge is 0.438 e. The summed E-state index contributed by atoms with van der Waals surface area (Å²) in [5, 5.41) is 3.89. The van der Waals surface area contributed by atoms with Crippen molar-refractivity contribution in [1.29, 1.82) is 0 Å². The molecule has 6 nitrogen and oxygen atoms in total. The molecular formula is C22H15ClN4O2. The Labute approximate surface area is 171 Å². The van der Waals surface area contributed by atoms with E-state index in [1.807, 2.05) is 24.3 Å². The minimum atomic E-state index is -0.296. The van der Waals surface area contributed by atoms with E-state index in [0.29, 0.717) is 22.5 Å². The summed E-state index contributed by atoms with van der Waals surface area (Å²) < 4.78 is 5.99. The first-order chi connectivity index (χ1) is 14.1. The number of amides is 1. The fourth-order valence-corrected chi connectivity index (χ4v) is 2.89. The lowest BCUT2D eigenvalue weighted by molar-refractivity contribution is -0.111. The van der Waals surface area contributed by atoms with Crippen LogP contribution in [0.5, 0.6) is 11.6 Å². The van der Waals surface area contributed by atoms with Crippen molar-refractivity contribution in [1.82, 2.24) is 15.0 Å². The number of pyridine rings is 1. The number of halogens is 1. The molecule has 0 bridgehead atoms. The number of nitrogens with zero attached hydrogens (tertiary/aromatic N) is 3. The molecule has 2 aromatic heterocycles. The lowest BCUT2D eigenvalue weighted by atomic mass is 10.1. The van der Waals surface area contributed by atoms with Gasteiger partial charge in [0, 0.05) is 23.5 Å². The SMILES string of the molecule is C=CC(=O)Nc1cccc(Oc2ncnc3ccc(-c4ccc(Cl)nc4)cc23)c1. The van der Waals surface area contributed by atoms with Crippen molar-refractivity contribution in [3.05, 3.63) is 84.9 Å². The predicted octanol–water partition coefficient (Wildman–Crippen LogP) is 5.26. The summed E-state index contributed by atoms with van der Waals surface area (Å²) in [6.07, 6.45) is 4.36. The minimum Gasteiger partial charge on any atom is -0.438 e. The van der Waals surface area contributed by atoms with Gasteiger partial charge in [-0.2, -0.15) is 0 Å². The molecule has 4 aromatic rings. The third kappa shape index (κ3) is 4.23. The van der Waals surface area contributed by atoms with Crippen LogP contribution < -0.4 is 10.1 Å². The van der Waals surface area contributed by atoms with Gasteiger partial charge in [-0.25, -0.2) is 15.0 Å². The van der Waals surface area contributed by atoms with E-state index in [1.165, 1.54) is 12.4 Å². The zero-order valence-corrected chi connectivity index (χ0v) is 15.9. The van der Waals surface area contributed by atoms with Gasteiger partial charge in [0.2, 0.25) is 11.8 Å². The maximum atomic E-state index is 11.5. The molecule has 4 rings (SSSR count). The van der Waals surface area contributed by atoms with Crippen LogP contribution in [0.15, 0.2) is 79.8 Å². The van der Waals surface area contributed by atoms with E-state index in [0.717, 1.165) is 22.0 Å². The molecule has 29 heavy (non-hydrogen) atoms. The number of carbonyl (C=O) groups excluding carboxylic acids is 1. The second-order valence-electron chi connectivity index (χ2n) is 6.10. The van der Waals surface area contributed by atoms with E-state index in [4.69, 9.17) is 16.3 Å². The smallest absolute Gasteiger partial charge is 0.247 e. The molecule has 0 saturated carbocycles. The van der Waals surface area contributed by atoms with Crippen LogP contribution >= 0.6 is 11.6 Å². The first kappa shape index (κ1) is 18.6. The average molecular weight is 403 g/mol. The predicted molar refractivity (Wildman–Crippen MR) is 113 cm³/mol. The van der Waals surface area contributed by atoms with Gasteiger partial charge in [-0.3, -0.25) is 4.79 Å². The Morgan fingerprint density at radius 2 is 1.90 bits per heavy atom. The summed E-state index contributed by atoms with van der Waals surface area (Å²) in [7, 11) is 0. The standard InChI is InChI=1S/C22H15ClN4O2/c1-2-21(28)27-16-4-3-5-17(11-16)29-22-18-10-14(6-8-19(18)25-13-26-22)15-7-9-20(23)24-12-15/h2-13H,1H2,(H,27,28). The van der Waals surface area contributed by atoms with Crippen molar-refractivity contribution in [3.63, 3.8) is 0 Å². The van der Waals surface area contributed by atoms with E-state index >= 15 is 0 Å². The second-order valence-corrected chi connectivity index (χ2v) is 6.49. The van der Waals surface area contributed by atoms with E-state index in [9.17, 15) is 4.79 Å². The van der Waals surface area contributed by atoms with Crippen LogP contribution in [0, 0.1) is 0 Å². The van der Waals surface area contributed by atoms with Crippen molar-refractivity contribution < 1.29 is 9.53 Å². The first-order valence-electron chi connectivity index (χ1n) is 8.70. The molecule has 0 aliphatic rings. The number of rotatable bonds is 5. The van der Waals surface area contributed by atoms with Gasteiger partial charge in [0.15, 0.2) is 0 Å². The summed E-state index contributed by atoms with van der Waals surface area (Å²) in [6, 6.07) is 16.5. The molecule has 1 amide bonds. The fraction of sp³-hybridized carbons (Fsp3) is 0. The molecule has 0 unspecified atom stereocenters. The van der Waals surface area contributed by atoms with Gasteiger partial charge in [-0.15, -0.1) is 0 Å². The van der Waals surface area contributed by atoms with E-state index < -0.39 is 0 Å². The molecule has 1 N–H and O–H groups in total. The zero-order valence-electron chi connectivity index (χ0n) is 15.2.